The highest BCUT2D eigenvalue weighted by Crippen LogP contribution is 2.32. The van der Waals surface area contributed by atoms with E-state index in [-0.39, 0.29) is 0 Å². The van der Waals surface area contributed by atoms with Gasteiger partial charge in [-0.3, -0.25) is 0 Å². The summed E-state index contributed by atoms with van der Waals surface area (Å²) in [5, 5.41) is 6.29. The van der Waals surface area contributed by atoms with E-state index in [1.165, 1.54) is 5.56 Å². The molecule has 2 nitrogen and oxygen atoms in total. The molecule has 0 amide bonds. The Balaban J connectivity index is 1.70. The number of furan rings is 1. The summed E-state index contributed by atoms with van der Waals surface area (Å²) in [5.41, 5.74) is 4.06. The Labute approximate surface area is 133 Å². The maximum absolute atomic E-state index is 6.10. The van der Waals surface area contributed by atoms with Gasteiger partial charge in [0.2, 0.25) is 0 Å². The zero-order valence-electron chi connectivity index (χ0n) is 11.8. The number of anilines is 1. The molecule has 0 aliphatic heterocycles. The van der Waals surface area contributed by atoms with E-state index in [1.807, 2.05) is 48.5 Å². The average Bonchev–Trinajstić information content (AvgIpc) is 2.91. The third kappa shape index (κ3) is 2.42. The van der Waals surface area contributed by atoms with E-state index in [9.17, 15) is 0 Å². The second-order valence-electron chi connectivity index (χ2n) is 5.29. The zero-order chi connectivity index (χ0) is 14.9. The van der Waals surface area contributed by atoms with E-state index in [1.54, 1.807) is 0 Å². The summed E-state index contributed by atoms with van der Waals surface area (Å²) in [7, 11) is 0. The van der Waals surface area contributed by atoms with Crippen LogP contribution in [0.5, 0.6) is 0 Å². The largest absolute Gasteiger partial charge is 0.456 e. The fourth-order valence-electron chi connectivity index (χ4n) is 2.66. The molecule has 4 rings (SSSR count). The third-order valence-corrected chi connectivity index (χ3v) is 4.01. The lowest BCUT2D eigenvalue weighted by Crippen LogP contribution is -1.98. The molecule has 0 unspecified atom stereocenters. The first-order valence-electron chi connectivity index (χ1n) is 7.19. The van der Waals surface area contributed by atoms with Crippen LogP contribution in [0.15, 0.2) is 71.1 Å². The molecule has 0 aliphatic carbocycles. The van der Waals surface area contributed by atoms with Crippen LogP contribution in [0.4, 0.5) is 5.69 Å². The highest BCUT2D eigenvalue weighted by molar-refractivity contribution is 6.31. The van der Waals surface area contributed by atoms with Gasteiger partial charge >= 0.3 is 0 Å². The van der Waals surface area contributed by atoms with Crippen molar-refractivity contribution in [1.29, 1.82) is 0 Å². The van der Waals surface area contributed by atoms with Crippen molar-refractivity contribution in [2.75, 3.05) is 5.32 Å². The first kappa shape index (κ1) is 13.2. The molecule has 0 saturated carbocycles. The van der Waals surface area contributed by atoms with Crippen LogP contribution >= 0.6 is 11.6 Å². The van der Waals surface area contributed by atoms with Gasteiger partial charge in [-0.05, 0) is 42.0 Å². The lowest BCUT2D eigenvalue weighted by atomic mass is 10.1. The van der Waals surface area contributed by atoms with Crippen molar-refractivity contribution in [2.24, 2.45) is 0 Å². The minimum Gasteiger partial charge on any atom is -0.456 e. The average molecular weight is 308 g/mol. The number of hydrogen-bond acceptors (Lipinski definition) is 2. The van der Waals surface area contributed by atoms with E-state index < -0.39 is 0 Å². The third-order valence-electron chi connectivity index (χ3n) is 3.77. The number of hydrogen-bond donors (Lipinski definition) is 1. The van der Waals surface area contributed by atoms with Gasteiger partial charge in [-0.25, -0.2) is 0 Å². The van der Waals surface area contributed by atoms with Crippen LogP contribution in [-0.4, -0.2) is 0 Å². The van der Waals surface area contributed by atoms with Gasteiger partial charge in [0.05, 0.1) is 0 Å². The Morgan fingerprint density at radius 1 is 0.818 bits per heavy atom. The molecule has 3 heteroatoms. The molecule has 0 fully saturated rings. The first-order valence-corrected chi connectivity index (χ1v) is 7.57. The van der Waals surface area contributed by atoms with Crippen molar-refractivity contribution in [1.82, 2.24) is 0 Å². The molecule has 0 saturated heterocycles. The lowest BCUT2D eigenvalue weighted by molar-refractivity contribution is 0.669. The highest BCUT2D eigenvalue weighted by atomic mass is 35.5. The summed E-state index contributed by atoms with van der Waals surface area (Å²) < 4.78 is 5.84. The fourth-order valence-corrected chi connectivity index (χ4v) is 2.83. The zero-order valence-corrected chi connectivity index (χ0v) is 12.6. The molecule has 22 heavy (non-hydrogen) atoms. The van der Waals surface area contributed by atoms with Crippen molar-refractivity contribution in [3.63, 3.8) is 0 Å². The van der Waals surface area contributed by atoms with Gasteiger partial charge in [-0.15, -0.1) is 0 Å². The van der Waals surface area contributed by atoms with Crippen molar-refractivity contribution in [3.8, 4) is 0 Å². The summed E-state index contributed by atoms with van der Waals surface area (Å²) in [6, 6.07) is 22.2. The number of halogens is 1. The Morgan fingerprint density at radius 3 is 2.36 bits per heavy atom. The van der Waals surface area contributed by atoms with Crippen LogP contribution in [0, 0.1) is 0 Å². The van der Waals surface area contributed by atoms with Crippen molar-refractivity contribution >= 4 is 39.2 Å². The minimum absolute atomic E-state index is 0.720. The van der Waals surface area contributed by atoms with Crippen molar-refractivity contribution in [3.05, 3.63) is 77.3 Å². The van der Waals surface area contributed by atoms with Crippen LogP contribution in [-0.2, 0) is 6.54 Å². The van der Waals surface area contributed by atoms with Crippen LogP contribution in [0.25, 0.3) is 21.9 Å². The van der Waals surface area contributed by atoms with Gasteiger partial charge < -0.3 is 9.73 Å². The maximum Gasteiger partial charge on any atom is 0.135 e. The molecule has 0 aliphatic rings. The summed E-state index contributed by atoms with van der Waals surface area (Å²) in [6.45, 7) is 0.795. The Morgan fingerprint density at radius 2 is 1.55 bits per heavy atom. The molecule has 1 N–H and O–H groups in total. The SMILES string of the molecule is Clc1ccc2oc3ccc(NCc4ccccc4)cc3c2c1. The highest BCUT2D eigenvalue weighted by Gasteiger charge is 2.08. The van der Waals surface area contributed by atoms with E-state index in [2.05, 4.69) is 23.5 Å². The quantitative estimate of drug-likeness (QED) is 0.513. The number of benzene rings is 3. The normalized spacial score (nSPS) is 11.1. The molecule has 3 aromatic carbocycles. The summed E-state index contributed by atoms with van der Waals surface area (Å²) in [5.74, 6) is 0. The fraction of sp³-hybridized carbons (Fsp3) is 0.0526. The molecule has 1 heterocycles. The Kier molecular flexibility index (Phi) is 3.24. The summed E-state index contributed by atoms with van der Waals surface area (Å²) in [4.78, 5) is 0. The Hall–Kier alpha value is -2.45. The Bertz CT molecular complexity index is 944. The molecule has 0 bridgehead atoms. The molecule has 0 atom stereocenters. The molecule has 4 aromatic rings. The second kappa shape index (κ2) is 5.39. The number of nitrogens with one attached hydrogen (secondary N) is 1. The standard InChI is InChI=1S/C19H14ClNO/c20-14-6-8-18-16(10-14)17-11-15(7-9-19(17)22-18)21-12-13-4-2-1-3-5-13/h1-11,21H,12H2. The maximum atomic E-state index is 6.10. The van der Waals surface area contributed by atoms with Crippen LogP contribution in [0.1, 0.15) is 5.56 Å². The molecular formula is C19H14ClNO. The second-order valence-corrected chi connectivity index (χ2v) is 5.73. The van der Waals surface area contributed by atoms with Gasteiger partial charge in [0.1, 0.15) is 11.2 Å². The van der Waals surface area contributed by atoms with Crippen LogP contribution < -0.4 is 5.32 Å². The van der Waals surface area contributed by atoms with E-state index in [0.29, 0.717) is 0 Å². The minimum atomic E-state index is 0.720. The molecule has 1 aromatic heterocycles. The smallest absolute Gasteiger partial charge is 0.135 e. The predicted molar refractivity (Wildman–Crippen MR) is 92.5 cm³/mol. The van der Waals surface area contributed by atoms with Crippen molar-refractivity contribution in [2.45, 2.75) is 6.54 Å². The van der Waals surface area contributed by atoms with E-state index in [0.717, 1.165) is 39.2 Å². The topological polar surface area (TPSA) is 25.2 Å². The monoisotopic (exact) mass is 307 g/mol. The van der Waals surface area contributed by atoms with Crippen LogP contribution in [0.2, 0.25) is 5.02 Å². The van der Waals surface area contributed by atoms with Gasteiger partial charge in [0, 0.05) is 28.0 Å². The molecule has 108 valence electrons. The van der Waals surface area contributed by atoms with E-state index in [4.69, 9.17) is 16.0 Å². The first-order chi connectivity index (χ1) is 10.8. The van der Waals surface area contributed by atoms with Gasteiger partial charge in [0.15, 0.2) is 0 Å². The number of rotatable bonds is 3. The van der Waals surface area contributed by atoms with Gasteiger partial charge in [-0.1, -0.05) is 41.9 Å². The summed E-state index contributed by atoms with van der Waals surface area (Å²) >= 11 is 6.10. The lowest BCUT2D eigenvalue weighted by Gasteiger charge is -2.06. The van der Waals surface area contributed by atoms with Crippen LogP contribution in [0.3, 0.4) is 0 Å². The number of fused-ring (bicyclic) bond motifs is 3. The predicted octanol–water partition coefficient (Wildman–Crippen LogP) is 5.85. The van der Waals surface area contributed by atoms with Crippen molar-refractivity contribution < 1.29 is 4.42 Å². The molecule has 0 spiro atoms. The van der Waals surface area contributed by atoms with E-state index >= 15 is 0 Å². The van der Waals surface area contributed by atoms with Gasteiger partial charge in [0.25, 0.3) is 0 Å². The molecular weight excluding hydrogens is 294 g/mol. The van der Waals surface area contributed by atoms with Gasteiger partial charge in [-0.2, -0.15) is 0 Å². The molecule has 0 radical (unpaired) electrons. The summed E-state index contributed by atoms with van der Waals surface area (Å²) in [6.07, 6.45) is 0.